The third-order valence-corrected chi connectivity index (χ3v) is 5.42. The minimum atomic E-state index is 0. The number of likely N-dealkylation sites (tertiary alicyclic amines) is 1. The van der Waals surface area contributed by atoms with Gasteiger partial charge in [-0.15, -0.1) is 24.0 Å². The van der Waals surface area contributed by atoms with Crippen LogP contribution < -0.4 is 10.6 Å². The van der Waals surface area contributed by atoms with E-state index in [2.05, 4.69) is 46.4 Å². The Kier molecular flexibility index (Phi) is 10.1. The van der Waals surface area contributed by atoms with E-state index in [1.807, 2.05) is 4.68 Å². The lowest BCUT2D eigenvalue weighted by Crippen LogP contribution is -2.47. The molecule has 2 atom stereocenters. The molecule has 3 rings (SSSR count). The number of methoxy groups -OCH3 is 1. The smallest absolute Gasteiger partial charge is 0.191 e. The number of halogens is 1. The fourth-order valence-corrected chi connectivity index (χ4v) is 4.19. The number of rotatable bonds is 8. The van der Waals surface area contributed by atoms with Gasteiger partial charge in [0.15, 0.2) is 11.8 Å². The fraction of sp³-hybridized carbons (Fsp3) is 0.850. The predicted octanol–water partition coefficient (Wildman–Crippen LogP) is 2.03. The zero-order valence-electron chi connectivity index (χ0n) is 18.4. The zero-order valence-corrected chi connectivity index (χ0v) is 20.7. The predicted molar refractivity (Wildman–Crippen MR) is 127 cm³/mol. The molecule has 0 radical (unpaired) electrons. The Morgan fingerprint density at radius 2 is 2.17 bits per heavy atom. The molecule has 0 aliphatic carbocycles. The van der Waals surface area contributed by atoms with Gasteiger partial charge in [-0.25, -0.2) is 9.67 Å². The highest BCUT2D eigenvalue weighted by atomic mass is 127. The van der Waals surface area contributed by atoms with Crippen molar-refractivity contribution < 1.29 is 4.74 Å². The lowest BCUT2D eigenvalue weighted by atomic mass is 10.1. The molecule has 2 aliphatic heterocycles. The van der Waals surface area contributed by atoms with Gasteiger partial charge in [-0.3, -0.25) is 9.89 Å². The van der Waals surface area contributed by atoms with Gasteiger partial charge in [0.25, 0.3) is 0 Å². The number of aryl methyl sites for hydroxylation is 1. The number of nitrogens with one attached hydrogen (secondary N) is 2. The Hall–Kier alpha value is -0.940. The van der Waals surface area contributed by atoms with E-state index < -0.39 is 0 Å². The molecule has 9 heteroatoms. The van der Waals surface area contributed by atoms with E-state index >= 15 is 0 Å². The van der Waals surface area contributed by atoms with Crippen LogP contribution in [0, 0.1) is 5.92 Å². The standard InChI is InChI=1S/C20H37N7O.HI/c1-5-21-20(22-11-17-7-6-10-26(17)12-15(2)3)23-16-8-9-19-24-18(14-28-4)25-27(19)13-16;/h15-17H,5-14H2,1-4H3,(H2,21,22,23);1H/t16?,17-;/m1./s1. The highest BCUT2D eigenvalue weighted by molar-refractivity contribution is 14.0. The van der Waals surface area contributed by atoms with E-state index in [0.29, 0.717) is 24.6 Å². The molecule has 0 saturated carbocycles. The Morgan fingerprint density at radius 3 is 2.90 bits per heavy atom. The van der Waals surface area contributed by atoms with E-state index in [1.165, 1.54) is 25.9 Å². The number of nitrogens with zero attached hydrogens (tertiary/aromatic N) is 5. The summed E-state index contributed by atoms with van der Waals surface area (Å²) in [4.78, 5) is 12.1. The summed E-state index contributed by atoms with van der Waals surface area (Å²) in [7, 11) is 1.68. The van der Waals surface area contributed by atoms with Crippen LogP contribution >= 0.6 is 24.0 Å². The average molecular weight is 519 g/mol. The molecule has 1 aromatic rings. The van der Waals surface area contributed by atoms with Crippen molar-refractivity contribution in [2.75, 3.05) is 33.3 Å². The van der Waals surface area contributed by atoms with E-state index in [-0.39, 0.29) is 24.0 Å². The molecule has 2 aliphatic rings. The summed E-state index contributed by atoms with van der Waals surface area (Å²) in [5.41, 5.74) is 0. The molecule has 2 N–H and O–H groups in total. The molecule has 0 amide bonds. The second-order valence-corrected chi connectivity index (χ2v) is 8.34. The summed E-state index contributed by atoms with van der Waals surface area (Å²) in [6.45, 7) is 12.1. The highest BCUT2D eigenvalue weighted by Gasteiger charge is 2.25. The third kappa shape index (κ3) is 7.06. The first kappa shape index (κ1) is 24.3. The van der Waals surface area contributed by atoms with Gasteiger partial charge in [-0.05, 0) is 38.6 Å². The van der Waals surface area contributed by atoms with Crippen molar-refractivity contribution in [2.45, 2.75) is 71.7 Å². The van der Waals surface area contributed by atoms with Gasteiger partial charge < -0.3 is 15.4 Å². The molecular weight excluding hydrogens is 481 g/mol. The minimum absolute atomic E-state index is 0. The van der Waals surface area contributed by atoms with Crippen molar-refractivity contribution in [1.29, 1.82) is 0 Å². The van der Waals surface area contributed by atoms with Crippen LogP contribution in [-0.4, -0.2) is 71.0 Å². The molecule has 166 valence electrons. The van der Waals surface area contributed by atoms with E-state index in [4.69, 9.17) is 9.73 Å². The van der Waals surface area contributed by atoms with Crippen LogP contribution in [0.4, 0.5) is 0 Å². The quantitative estimate of drug-likeness (QED) is 0.311. The van der Waals surface area contributed by atoms with Gasteiger partial charge in [0.1, 0.15) is 12.4 Å². The number of guanidine groups is 1. The maximum absolute atomic E-state index is 5.16. The molecule has 1 fully saturated rings. The molecule has 1 unspecified atom stereocenters. The van der Waals surface area contributed by atoms with E-state index in [0.717, 1.165) is 50.1 Å². The largest absolute Gasteiger partial charge is 0.377 e. The maximum Gasteiger partial charge on any atom is 0.191 e. The second kappa shape index (κ2) is 12.0. The topological polar surface area (TPSA) is 79.6 Å². The molecule has 1 saturated heterocycles. The molecule has 3 heterocycles. The Labute approximate surface area is 192 Å². The van der Waals surface area contributed by atoms with Crippen LogP contribution in [0.2, 0.25) is 0 Å². The minimum Gasteiger partial charge on any atom is -0.377 e. The average Bonchev–Trinajstić information content (AvgIpc) is 3.25. The van der Waals surface area contributed by atoms with Crippen LogP contribution in [0.1, 0.15) is 51.7 Å². The Bertz CT molecular complexity index is 649. The summed E-state index contributed by atoms with van der Waals surface area (Å²) >= 11 is 0. The van der Waals surface area contributed by atoms with Gasteiger partial charge >= 0.3 is 0 Å². The number of hydrogen-bond acceptors (Lipinski definition) is 5. The molecule has 8 nitrogen and oxygen atoms in total. The molecule has 0 spiro atoms. The summed E-state index contributed by atoms with van der Waals surface area (Å²) in [5.74, 6) is 3.45. The van der Waals surface area contributed by atoms with Crippen molar-refractivity contribution in [1.82, 2.24) is 30.3 Å². The lowest BCUT2D eigenvalue weighted by molar-refractivity contribution is 0.177. The molecule has 29 heavy (non-hydrogen) atoms. The first-order valence-corrected chi connectivity index (χ1v) is 10.8. The van der Waals surface area contributed by atoms with Gasteiger partial charge in [0, 0.05) is 38.7 Å². The fourth-order valence-electron chi connectivity index (χ4n) is 4.19. The number of fused-ring (bicyclic) bond motifs is 1. The van der Waals surface area contributed by atoms with Gasteiger partial charge in [-0.1, -0.05) is 13.8 Å². The highest BCUT2D eigenvalue weighted by Crippen LogP contribution is 2.19. The lowest BCUT2D eigenvalue weighted by Gasteiger charge is -2.27. The molecule has 1 aromatic heterocycles. The van der Waals surface area contributed by atoms with Gasteiger partial charge in [0.05, 0.1) is 13.1 Å². The van der Waals surface area contributed by atoms with Crippen molar-refractivity contribution in [3.05, 3.63) is 11.6 Å². The van der Waals surface area contributed by atoms with Crippen molar-refractivity contribution in [2.24, 2.45) is 10.9 Å². The Balaban J connectivity index is 0.00000300. The normalized spacial score (nSPS) is 22.4. The van der Waals surface area contributed by atoms with Crippen LogP contribution in [0.3, 0.4) is 0 Å². The second-order valence-electron chi connectivity index (χ2n) is 8.34. The SMILES string of the molecule is CCNC(=NC[C@H]1CCCN1CC(C)C)NC1CCc2nc(COC)nn2C1.I. The zero-order chi connectivity index (χ0) is 19.9. The van der Waals surface area contributed by atoms with Crippen molar-refractivity contribution >= 4 is 29.9 Å². The van der Waals surface area contributed by atoms with Gasteiger partial charge in [0.2, 0.25) is 0 Å². The van der Waals surface area contributed by atoms with Crippen molar-refractivity contribution in [3.8, 4) is 0 Å². The summed E-state index contributed by atoms with van der Waals surface area (Å²) in [6, 6.07) is 0.889. The van der Waals surface area contributed by atoms with Gasteiger partial charge in [-0.2, -0.15) is 5.10 Å². The number of hydrogen-bond donors (Lipinski definition) is 2. The number of ether oxygens (including phenoxy) is 1. The van der Waals surface area contributed by atoms with Crippen LogP contribution in [0.25, 0.3) is 0 Å². The number of aromatic nitrogens is 3. The monoisotopic (exact) mass is 519 g/mol. The Morgan fingerprint density at radius 1 is 1.34 bits per heavy atom. The van der Waals surface area contributed by atoms with Crippen LogP contribution in [-0.2, 0) is 24.3 Å². The maximum atomic E-state index is 5.16. The number of aliphatic imine (C=N–C) groups is 1. The molecule has 0 aromatic carbocycles. The summed E-state index contributed by atoms with van der Waals surface area (Å²) in [6.07, 6.45) is 4.51. The third-order valence-electron chi connectivity index (χ3n) is 5.42. The first-order chi connectivity index (χ1) is 13.6. The summed E-state index contributed by atoms with van der Waals surface area (Å²) in [5, 5.41) is 11.6. The van der Waals surface area contributed by atoms with Crippen molar-refractivity contribution in [3.63, 3.8) is 0 Å². The molecule has 0 bridgehead atoms. The first-order valence-electron chi connectivity index (χ1n) is 10.8. The van der Waals surface area contributed by atoms with Crippen LogP contribution in [0.15, 0.2) is 4.99 Å². The molecular formula is C20H38IN7O. The van der Waals surface area contributed by atoms with Crippen LogP contribution in [0.5, 0.6) is 0 Å². The van der Waals surface area contributed by atoms with E-state index in [9.17, 15) is 0 Å². The summed E-state index contributed by atoms with van der Waals surface area (Å²) < 4.78 is 7.17. The van der Waals surface area contributed by atoms with E-state index in [1.54, 1.807) is 7.11 Å².